The molecule has 1 aromatic heterocycles. The molecule has 2 atom stereocenters. The van der Waals surface area contributed by atoms with E-state index in [2.05, 4.69) is 49.1 Å². The summed E-state index contributed by atoms with van der Waals surface area (Å²) in [4.78, 5) is 4.30. The van der Waals surface area contributed by atoms with Gasteiger partial charge in [-0.1, -0.05) is 32.0 Å². The molecular formula is C17H23NS. The molecule has 1 heterocycles. The number of thiophene rings is 1. The van der Waals surface area contributed by atoms with E-state index < -0.39 is 0 Å². The minimum absolute atomic E-state index is 0.801. The molecule has 0 aliphatic heterocycles. The van der Waals surface area contributed by atoms with Gasteiger partial charge in [-0.05, 0) is 49.9 Å². The lowest BCUT2D eigenvalue weighted by Crippen LogP contribution is -2.28. The molecule has 1 nitrogen and oxygen atoms in total. The van der Waals surface area contributed by atoms with Gasteiger partial charge in [0.2, 0.25) is 0 Å². The Hall–Kier alpha value is -0.860. The number of rotatable bonds is 6. The van der Waals surface area contributed by atoms with Gasteiger partial charge in [0.05, 0.1) is 0 Å². The van der Waals surface area contributed by atoms with Crippen molar-refractivity contribution in [1.82, 2.24) is 4.90 Å². The van der Waals surface area contributed by atoms with Crippen LogP contribution < -0.4 is 0 Å². The van der Waals surface area contributed by atoms with Gasteiger partial charge >= 0.3 is 0 Å². The highest BCUT2D eigenvalue weighted by Gasteiger charge is 2.42. The Bertz CT molecular complexity index is 506. The second-order valence-corrected chi connectivity index (χ2v) is 6.75. The lowest BCUT2D eigenvalue weighted by molar-refractivity contribution is 0.260. The first kappa shape index (κ1) is 13.1. The molecule has 1 fully saturated rings. The maximum atomic E-state index is 2.70. The van der Waals surface area contributed by atoms with E-state index in [-0.39, 0.29) is 0 Å². The first-order valence-corrected chi connectivity index (χ1v) is 8.37. The second-order valence-electron chi connectivity index (χ2n) is 5.63. The van der Waals surface area contributed by atoms with Crippen molar-refractivity contribution in [2.24, 2.45) is 0 Å². The van der Waals surface area contributed by atoms with Gasteiger partial charge in [-0.15, -0.1) is 11.3 Å². The zero-order valence-electron chi connectivity index (χ0n) is 11.9. The summed E-state index contributed by atoms with van der Waals surface area (Å²) in [5, 5.41) is 1.42. The van der Waals surface area contributed by atoms with Crippen LogP contribution in [0.15, 0.2) is 30.3 Å². The Morgan fingerprint density at radius 2 is 1.89 bits per heavy atom. The minimum Gasteiger partial charge on any atom is -0.300 e. The van der Waals surface area contributed by atoms with Gasteiger partial charge in [-0.3, -0.25) is 4.90 Å². The maximum absolute atomic E-state index is 2.70. The van der Waals surface area contributed by atoms with Crippen LogP contribution in [-0.2, 0) is 0 Å². The fourth-order valence-electron chi connectivity index (χ4n) is 3.09. The number of nitrogens with zero attached hydrogens (tertiary/aromatic N) is 1. The van der Waals surface area contributed by atoms with Crippen molar-refractivity contribution >= 4 is 21.4 Å². The van der Waals surface area contributed by atoms with E-state index in [0.29, 0.717) is 0 Å². The van der Waals surface area contributed by atoms with Crippen LogP contribution >= 0.6 is 11.3 Å². The van der Waals surface area contributed by atoms with Crippen molar-refractivity contribution in [2.45, 2.75) is 45.1 Å². The van der Waals surface area contributed by atoms with Crippen molar-refractivity contribution in [3.8, 4) is 0 Å². The van der Waals surface area contributed by atoms with Crippen LogP contribution in [0.1, 0.15) is 43.9 Å². The first-order valence-electron chi connectivity index (χ1n) is 7.56. The third-order valence-corrected chi connectivity index (χ3v) is 5.31. The number of fused-ring (bicyclic) bond motifs is 1. The largest absolute Gasteiger partial charge is 0.300 e. The van der Waals surface area contributed by atoms with Crippen molar-refractivity contribution in [2.75, 3.05) is 13.1 Å². The molecule has 0 N–H and O–H groups in total. The molecule has 0 spiro atoms. The lowest BCUT2D eigenvalue weighted by Gasteiger charge is -2.21. The molecule has 0 radical (unpaired) electrons. The molecule has 2 unspecified atom stereocenters. The van der Waals surface area contributed by atoms with Gasteiger partial charge in [-0.2, -0.15) is 0 Å². The number of benzene rings is 1. The van der Waals surface area contributed by atoms with E-state index in [9.17, 15) is 0 Å². The number of hydrogen-bond donors (Lipinski definition) is 0. The smallest absolute Gasteiger partial charge is 0.0345 e. The highest BCUT2D eigenvalue weighted by molar-refractivity contribution is 7.19. The summed E-state index contributed by atoms with van der Waals surface area (Å²) in [5.74, 6) is 0.801. The average molecular weight is 273 g/mol. The first-order chi connectivity index (χ1) is 9.33. The molecule has 19 heavy (non-hydrogen) atoms. The van der Waals surface area contributed by atoms with Crippen LogP contribution in [0.25, 0.3) is 10.1 Å². The Balaban J connectivity index is 1.74. The van der Waals surface area contributed by atoms with Crippen molar-refractivity contribution in [3.05, 3.63) is 35.2 Å². The Kier molecular flexibility index (Phi) is 3.90. The molecule has 2 heteroatoms. The van der Waals surface area contributed by atoms with Gasteiger partial charge < -0.3 is 0 Å². The predicted molar refractivity (Wildman–Crippen MR) is 85.1 cm³/mol. The molecule has 3 rings (SSSR count). The van der Waals surface area contributed by atoms with Gasteiger partial charge in [0.1, 0.15) is 0 Å². The maximum Gasteiger partial charge on any atom is 0.0345 e. The van der Waals surface area contributed by atoms with Crippen LogP contribution in [0.5, 0.6) is 0 Å². The summed E-state index contributed by atoms with van der Waals surface area (Å²) in [5.41, 5.74) is 0. The molecule has 0 bridgehead atoms. The lowest BCUT2D eigenvalue weighted by atomic mass is 10.2. The van der Waals surface area contributed by atoms with E-state index in [1.807, 2.05) is 11.3 Å². The standard InChI is InChI=1S/C17H23NS/c1-3-9-18(10-4-2)15-12-14(15)17-11-13-7-5-6-8-16(13)19-17/h5-8,11,14-15H,3-4,9-10,12H2,1-2H3. The number of hydrogen-bond acceptors (Lipinski definition) is 2. The molecule has 1 aromatic carbocycles. The summed E-state index contributed by atoms with van der Waals surface area (Å²) < 4.78 is 1.45. The third kappa shape index (κ3) is 2.70. The summed E-state index contributed by atoms with van der Waals surface area (Å²) >= 11 is 2.00. The Morgan fingerprint density at radius 3 is 2.58 bits per heavy atom. The Labute approximate surface area is 120 Å². The molecule has 0 saturated heterocycles. The van der Waals surface area contributed by atoms with Crippen LogP contribution in [0, 0.1) is 0 Å². The van der Waals surface area contributed by atoms with Crippen LogP contribution in [0.4, 0.5) is 0 Å². The van der Waals surface area contributed by atoms with Crippen molar-refractivity contribution < 1.29 is 0 Å². The minimum atomic E-state index is 0.801. The molecular weight excluding hydrogens is 250 g/mol. The monoisotopic (exact) mass is 273 g/mol. The highest BCUT2D eigenvalue weighted by Crippen LogP contribution is 2.48. The fourth-order valence-corrected chi connectivity index (χ4v) is 4.33. The van der Waals surface area contributed by atoms with Gasteiger partial charge in [-0.25, -0.2) is 0 Å². The molecule has 102 valence electrons. The second kappa shape index (κ2) is 5.64. The normalized spacial score (nSPS) is 22.3. The van der Waals surface area contributed by atoms with Crippen LogP contribution in [-0.4, -0.2) is 24.0 Å². The summed E-state index contributed by atoms with van der Waals surface area (Å²) in [6.07, 6.45) is 3.91. The quantitative estimate of drug-likeness (QED) is 0.725. The van der Waals surface area contributed by atoms with E-state index in [1.54, 1.807) is 4.88 Å². The molecule has 1 aliphatic carbocycles. The van der Waals surface area contributed by atoms with Gasteiger partial charge in [0, 0.05) is 21.5 Å². The van der Waals surface area contributed by atoms with E-state index in [0.717, 1.165) is 12.0 Å². The summed E-state index contributed by atoms with van der Waals surface area (Å²) in [6, 6.07) is 12.0. The van der Waals surface area contributed by atoms with E-state index in [4.69, 9.17) is 0 Å². The third-order valence-electron chi connectivity index (χ3n) is 4.06. The Morgan fingerprint density at radius 1 is 1.16 bits per heavy atom. The highest BCUT2D eigenvalue weighted by atomic mass is 32.1. The van der Waals surface area contributed by atoms with Crippen LogP contribution in [0.3, 0.4) is 0 Å². The molecule has 2 aromatic rings. The van der Waals surface area contributed by atoms with Crippen molar-refractivity contribution in [1.29, 1.82) is 0 Å². The SMILES string of the molecule is CCCN(CCC)C1CC1c1cc2ccccc2s1. The van der Waals surface area contributed by atoms with E-state index >= 15 is 0 Å². The molecule has 1 saturated carbocycles. The van der Waals surface area contributed by atoms with Crippen LogP contribution in [0.2, 0.25) is 0 Å². The fraction of sp³-hybridized carbons (Fsp3) is 0.529. The van der Waals surface area contributed by atoms with E-state index in [1.165, 1.54) is 42.4 Å². The summed E-state index contributed by atoms with van der Waals surface area (Å²) in [7, 11) is 0. The van der Waals surface area contributed by atoms with Crippen molar-refractivity contribution in [3.63, 3.8) is 0 Å². The zero-order chi connectivity index (χ0) is 13.2. The van der Waals surface area contributed by atoms with Gasteiger partial charge in [0.25, 0.3) is 0 Å². The molecule has 0 amide bonds. The average Bonchev–Trinajstić information content (AvgIpc) is 3.10. The molecule has 1 aliphatic rings. The zero-order valence-corrected chi connectivity index (χ0v) is 12.7. The van der Waals surface area contributed by atoms with Gasteiger partial charge in [0.15, 0.2) is 0 Å². The predicted octanol–water partition coefficient (Wildman–Crippen LogP) is 4.88. The summed E-state index contributed by atoms with van der Waals surface area (Å²) in [6.45, 7) is 7.11. The topological polar surface area (TPSA) is 3.24 Å².